The lowest BCUT2D eigenvalue weighted by Gasteiger charge is -2.23. The Bertz CT molecular complexity index is 713. The molecule has 0 bridgehead atoms. The monoisotopic (exact) mass is 344 g/mol. The molecule has 1 aliphatic carbocycles. The van der Waals surface area contributed by atoms with E-state index in [2.05, 4.69) is 10.6 Å². The first-order chi connectivity index (χ1) is 12.1. The molecule has 0 radical (unpaired) electrons. The lowest BCUT2D eigenvalue weighted by molar-refractivity contribution is 0.107. The van der Waals surface area contributed by atoms with Crippen LogP contribution in [0.5, 0.6) is 5.75 Å². The van der Waals surface area contributed by atoms with Crippen LogP contribution in [0.25, 0.3) is 0 Å². The van der Waals surface area contributed by atoms with E-state index < -0.39 is 6.10 Å². The Balaban J connectivity index is 1.40. The van der Waals surface area contributed by atoms with E-state index in [1.54, 1.807) is 6.26 Å². The first kappa shape index (κ1) is 17.4. The number of furan rings is 1. The van der Waals surface area contributed by atoms with Gasteiger partial charge in [0.1, 0.15) is 24.2 Å². The van der Waals surface area contributed by atoms with E-state index in [9.17, 15) is 9.90 Å². The number of ether oxygens (including phenoxy) is 1. The van der Waals surface area contributed by atoms with Gasteiger partial charge in [-0.3, -0.25) is 0 Å². The molecule has 1 aromatic carbocycles. The summed E-state index contributed by atoms with van der Waals surface area (Å²) in [5.41, 5.74) is 2.14. The highest BCUT2D eigenvalue weighted by Crippen LogP contribution is 2.30. The number of carbonyl (C=O) groups is 1. The van der Waals surface area contributed by atoms with Gasteiger partial charge in [0.15, 0.2) is 0 Å². The summed E-state index contributed by atoms with van der Waals surface area (Å²) < 4.78 is 11.0. The summed E-state index contributed by atoms with van der Waals surface area (Å²) >= 11 is 0. The third-order valence-corrected chi connectivity index (χ3v) is 4.29. The van der Waals surface area contributed by atoms with Crippen molar-refractivity contribution in [1.29, 1.82) is 0 Å². The van der Waals surface area contributed by atoms with Crippen LogP contribution in [0.3, 0.4) is 0 Å². The normalized spacial score (nSPS) is 17.4. The van der Waals surface area contributed by atoms with Gasteiger partial charge in [-0.2, -0.15) is 0 Å². The number of rotatable bonds is 6. The van der Waals surface area contributed by atoms with Gasteiger partial charge in [0.05, 0.1) is 12.3 Å². The van der Waals surface area contributed by atoms with Crippen LogP contribution in [-0.4, -0.2) is 30.4 Å². The topological polar surface area (TPSA) is 83.7 Å². The van der Waals surface area contributed by atoms with Gasteiger partial charge in [0, 0.05) is 18.5 Å². The van der Waals surface area contributed by atoms with Crippen LogP contribution in [0.4, 0.5) is 4.79 Å². The fourth-order valence-corrected chi connectivity index (χ4v) is 3.01. The standard InChI is InChI=1S/C19H24N2O4/c1-13-4-2-5-15(10-13)25-12-14(22)11-20-19(23)21-17-6-3-7-18-16(17)8-9-24-18/h2,4-5,8-10,14,17,22H,3,6-7,11-12H2,1H3,(H2,20,21,23). The fourth-order valence-electron chi connectivity index (χ4n) is 3.01. The van der Waals surface area contributed by atoms with Crippen molar-refractivity contribution < 1.29 is 19.1 Å². The minimum Gasteiger partial charge on any atom is -0.491 e. The maximum absolute atomic E-state index is 12.1. The molecule has 2 aromatic rings. The maximum Gasteiger partial charge on any atom is 0.315 e. The molecule has 0 fully saturated rings. The Labute approximate surface area is 147 Å². The molecule has 2 amide bonds. The average molecular weight is 344 g/mol. The lowest BCUT2D eigenvalue weighted by atomic mass is 9.93. The van der Waals surface area contributed by atoms with Gasteiger partial charge < -0.3 is 24.9 Å². The third-order valence-electron chi connectivity index (χ3n) is 4.29. The number of carbonyl (C=O) groups excluding carboxylic acids is 1. The molecule has 2 unspecified atom stereocenters. The van der Waals surface area contributed by atoms with Gasteiger partial charge in [-0.05, 0) is 43.5 Å². The Morgan fingerprint density at radius 1 is 1.44 bits per heavy atom. The number of fused-ring (bicyclic) bond motifs is 1. The van der Waals surface area contributed by atoms with Gasteiger partial charge in [0.25, 0.3) is 0 Å². The van der Waals surface area contributed by atoms with Crippen LogP contribution in [0.1, 0.15) is 35.8 Å². The molecule has 1 aromatic heterocycles. The molecule has 25 heavy (non-hydrogen) atoms. The Morgan fingerprint density at radius 3 is 3.16 bits per heavy atom. The third kappa shape index (κ3) is 4.76. The van der Waals surface area contributed by atoms with E-state index >= 15 is 0 Å². The van der Waals surface area contributed by atoms with Crippen LogP contribution in [0, 0.1) is 6.92 Å². The number of aryl methyl sites for hydroxylation is 2. The van der Waals surface area contributed by atoms with Gasteiger partial charge >= 0.3 is 6.03 Å². The van der Waals surface area contributed by atoms with Crippen LogP contribution in [0.2, 0.25) is 0 Å². The van der Waals surface area contributed by atoms with E-state index in [1.165, 1.54) is 0 Å². The van der Waals surface area contributed by atoms with Crippen molar-refractivity contribution in [2.45, 2.75) is 38.3 Å². The van der Waals surface area contributed by atoms with Crippen LogP contribution in [0.15, 0.2) is 41.0 Å². The van der Waals surface area contributed by atoms with E-state index in [0.717, 1.165) is 36.1 Å². The zero-order valence-corrected chi connectivity index (χ0v) is 14.3. The maximum atomic E-state index is 12.1. The Kier molecular flexibility index (Phi) is 5.60. The summed E-state index contributed by atoms with van der Waals surface area (Å²) in [7, 11) is 0. The van der Waals surface area contributed by atoms with Gasteiger partial charge in [-0.25, -0.2) is 4.79 Å². The van der Waals surface area contributed by atoms with Crippen molar-refractivity contribution in [3.05, 3.63) is 53.5 Å². The number of aliphatic hydroxyl groups excluding tert-OH is 1. The molecule has 0 spiro atoms. The zero-order chi connectivity index (χ0) is 17.6. The van der Waals surface area contributed by atoms with Crippen molar-refractivity contribution in [2.75, 3.05) is 13.2 Å². The summed E-state index contributed by atoms with van der Waals surface area (Å²) in [5.74, 6) is 1.65. The minimum absolute atomic E-state index is 0.0387. The highest BCUT2D eigenvalue weighted by Gasteiger charge is 2.24. The highest BCUT2D eigenvalue weighted by atomic mass is 16.5. The van der Waals surface area contributed by atoms with E-state index in [0.29, 0.717) is 5.75 Å². The van der Waals surface area contributed by atoms with Gasteiger partial charge in [-0.15, -0.1) is 0 Å². The molecular weight excluding hydrogens is 320 g/mol. The molecule has 2 atom stereocenters. The number of nitrogens with one attached hydrogen (secondary N) is 2. The molecule has 3 rings (SSSR count). The molecule has 0 saturated carbocycles. The second-order valence-corrected chi connectivity index (χ2v) is 6.38. The smallest absolute Gasteiger partial charge is 0.315 e. The number of hydrogen-bond donors (Lipinski definition) is 3. The summed E-state index contributed by atoms with van der Waals surface area (Å²) in [4.78, 5) is 12.1. The predicted molar refractivity (Wildman–Crippen MR) is 93.6 cm³/mol. The fraction of sp³-hybridized carbons (Fsp3) is 0.421. The van der Waals surface area contributed by atoms with Gasteiger partial charge in [-0.1, -0.05) is 12.1 Å². The summed E-state index contributed by atoms with van der Waals surface area (Å²) in [6.45, 7) is 2.23. The molecule has 6 nitrogen and oxygen atoms in total. The number of benzene rings is 1. The first-order valence-corrected chi connectivity index (χ1v) is 8.60. The van der Waals surface area contributed by atoms with Crippen LogP contribution >= 0.6 is 0 Å². The quantitative estimate of drug-likeness (QED) is 0.752. The average Bonchev–Trinajstić information content (AvgIpc) is 3.08. The molecule has 6 heteroatoms. The second-order valence-electron chi connectivity index (χ2n) is 6.38. The van der Waals surface area contributed by atoms with Crippen molar-refractivity contribution >= 4 is 6.03 Å². The Hall–Kier alpha value is -2.47. The van der Waals surface area contributed by atoms with E-state index in [1.807, 2.05) is 37.3 Å². The molecule has 3 N–H and O–H groups in total. The predicted octanol–water partition coefficient (Wildman–Crippen LogP) is 2.70. The molecular formula is C19H24N2O4. The van der Waals surface area contributed by atoms with Crippen molar-refractivity contribution in [3.63, 3.8) is 0 Å². The van der Waals surface area contributed by atoms with E-state index in [4.69, 9.17) is 9.15 Å². The molecule has 134 valence electrons. The van der Waals surface area contributed by atoms with Crippen molar-refractivity contribution in [3.8, 4) is 5.75 Å². The molecule has 0 aliphatic heterocycles. The molecule has 0 saturated heterocycles. The summed E-state index contributed by atoms with van der Waals surface area (Å²) in [6, 6.07) is 9.19. The van der Waals surface area contributed by atoms with Crippen LogP contribution < -0.4 is 15.4 Å². The lowest BCUT2D eigenvalue weighted by Crippen LogP contribution is -2.43. The van der Waals surface area contributed by atoms with Crippen molar-refractivity contribution in [1.82, 2.24) is 10.6 Å². The van der Waals surface area contributed by atoms with Gasteiger partial charge in [0.2, 0.25) is 0 Å². The largest absolute Gasteiger partial charge is 0.491 e. The molecule has 1 heterocycles. The number of aliphatic hydroxyl groups is 1. The summed E-state index contributed by atoms with van der Waals surface area (Å²) in [5, 5.41) is 15.6. The van der Waals surface area contributed by atoms with Crippen LogP contribution in [-0.2, 0) is 6.42 Å². The first-order valence-electron chi connectivity index (χ1n) is 8.60. The zero-order valence-electron chi connectivity index (χ0n) is 14.3. The number of hydrogen-bond acceptors (Lipinski definition) is 4. The second kappa shape index (κ2) is 8.07. The number of amides is 2. The molecule has 1 aliphatic rings. The van der Waals surface area contributed by atoms with E-state index in [-0.39, 0.29) is 25.2 Å². The minimum atomic E-state index is -0.776. The van der Waals surface area contributed by atoms with Crippen molar-refractivity contribution in [2.24, 2.45) is 0 Å². The number of urea groups is 1. The SMILES string of the molecule is Cc1cccc(OCC(O)CNC(=O)NC2CCCc3occc32)c1. The summed E-state index contributed by atoms with van der Waals surface area (Å²) in [6.07, 6.45) is 3.67. The highest BCUT2D eigenvalue weighted by molar-refractivity contribution is 5.74. The Morgan fingerprint density at radius 2 is 2.32 bits per heavy atom.